The summed E-state index contributed by atoms with van der Waals surface area (Å²) in [5.41, 5.74) is 13.6. The van der Waals surface area contributed by atoms with E-state index in [9.17, 15) is 0 Å². The highest BCUT2D eigenvalue weighted by Gasteiger charge is 2.35. The monoisotopic (exact) mass is 705 g/mol. The highest BCUT2D eigenvalue weighted by atomic mass is 16.3. The van der Waals surface area contributed by atoms with Crippen molar-refractivity contribution < 1.29 is 4.42 Å². The molecule has 1 aliphatic carbocycles. The molecule has 0 spiro atoms. The van der Waals surface area contributed by atoms with Gasteiger partial charge < -0.3 is 9.32 Å². The zero-order chi connectivity index (χ0) is 37.1. The first kappa shape index (κ1) is 32.7. The van der Waals surface area contributed by atoms with Crippen LogP contribution in [0.5, 0.6) is 0 Å². The molecule has 0 unspecified atom stereocenters. The molecule has 0 bridgehead atoms. The molecular weight excluding hydrogens is 667 g/mol. The number of rotatable bonds is 7. The summed E-state index contributed by atoms with van der Waals surface area (Å²) >= 11 is 0. The number of allylic oxidation sites excluding steroid dienone is 3. The Balaban J connectivity index is 1.18. The largest absolute Gasteiger partial charge is 0.456 e. The fraction of sp³-hybridized carbons (Fsp3) is 0.0566. The van der Waals surface area contributed by atoms with Gasteiger partial charge in [-0.25, -0.2) is 0 Å². The number of nitrogens with zero attached hydrogens (tertiary/aromatic N) is 1. The predicted octanol–water partition coefficient (Wildman–Crippen LogP) is 14.8. The molecule has 1 aliphatic rings. The van der Waals surface area contributed by atoms with Crippen LogP contribution < -0.4 is 4.90 Å². The van der Waals surface area contributed by atoms with Gasteiger partial charge in [-0.1, -0.05) is 148 Å². The van der Waals surface area contributed by atoms with E-state index in [1.165, 1.54) is 54.9 Å². The standard InChI is InChI=1S/C53H39NO/c1-4-5-19-40(29-35-25-28-51-47(30-35)48-32-37-15-6-7-16-38(37)33-52(48)55-51)54(42-26-27-46-45-22-10-11-24-49(45)53(2,3)50(46)34-42)41-20-12-18-39(31-41)44-23-13-17-36-14-8-9-21-43(36)44/h4-34H,1H2,2-3H3/b19-5-,40-29-. The molecule has 55 heavy (non-hydrogen) atoms. The van der Waals surface area contributed by atoms with E-state index in [-0.39, 0.29) is 5.41 Å². The van der Waals surface area contributed by atoms with Crippen molar-refractivity contribution in [2.45, 2.75) is 19.3 Å². The molecule has 0 N–H and O–H groups in total. The van der Waals surface area contributed by atoms with E-state index in [1.807, 2.05) is 12.2 Å². The Morgan fingerprint density at radius 1 is 0.545 bits per heavy atom. The van der Waals surface area contributed by atoms with Gasteiger partial charge >= 0.3 is 0 Å². The molecule has 2 nitrogen and oxygen atoms in total. The molecule has 0 fully saturated rings. The number of anilines is 2. The van der Waals surface area contributed by atoms with Gasteiger partial charge in [0.15, 0.2) is 0 Å². The maximum Gasteiger partial charge on any atom is 0.136 e. The summed E-state index contributed by atoms with van der Waals surface area (Å²) in [4.78, 5) is 2.39. The number of hydrogen-bond donors (Lipinski definition) is 0. The fourth-order valence-corrected chi connectivity index (χ4v) is 8.66. The number of hydrogen-bond acceptors (Lipinski definition) is 2. The lowest BCUT2D eigenvalue weighted by Crippen LogP contribution is -2.18. The van der Waals surface area contributed by atoms with E-state index >= 15 is 0 Å². The third-order valence-electron chi connectivity index (χ3n) is 11.4. The Morgan fingerprint density at radius 3 is 2.11 bits per heavy atom. The Kier molecular flexibility index (Phi) is 7.67. The second kappa shape index (κ2) is 12.9. The van der Waals surface area contributed by atoms with Crippen molar-refractivity contribution in [1.82, 2.24) is 0 Å². The maximum absolute atomic E-state index is 6.39. The molecule has 0 amide bonds. The molecule has 0 aliphatic heterocycles. The molecule has 0 saturated carbocycles. The summed E-state index contributed by atoms with van der Waals surface area (Å²) in [6, 6.07) is 59.3. The molecule has 10 rings (SSSR count). The first-order valence-electron chi connectivity index (χ1n) is 18.9. The van der Waals surface area contributed by atoms with Crippen molar-refractivity contribution in [3.05, 3.63) is 211 Å². The number of benzene rings is 8. The van der Waals surface area contributed by atoms with Gasteiger partial charge in [0.05, 0.1) is 0 Å². The van der Waals surface area contributed by atoms with E-state index in [2.05, 4.69) is 201 Å². The van der Waals surface area contributed by atoms with Gasteiger partial charge in [-0.05, 0) is 121 Å². The van der Waals surface area contributed by atoms with Crippen molar-refractivity contribution in [1.29, 1.82) is 0 Å². The smallest absolute Gasteiger partial charge is 0.136 e. The lowest BCUT2D eigenvalue weighted by molar-refractivity contribution is 0.660. The van der Waals surface area contributed by atoms with Crippen LogP contribution in [0.25, 0.3) is 71.8 Å². The van der Waals surface area contributed by atoms with Crippen molar-refractivity contribution >= 4 is 60.9 Å². The molecule has 262 valence electrons. The van der Waals surface area contributed by atoms with Crippen LogP contribution in [-0.2, 0) is 5.41 Å². The normalized spacial score (nSPS) is 13.5. The van der Waals surface area contributed by atoms with Crippen LogP contribution in [-0.4, -0.2) is 0 Å². The second-order valence-electron chi connectivity index (χ2n) is 15.0. The van der Waals surface area contributed by atoms with E-state index in [4.69, 9.17) is 4.42 Å². The van der Waals surface area contributed by atoms with E-state index in [1.54, 1.807) is 0 Å². The van der Waals surface area contributed by atoms with E-state index in [0.717, 1.165) is 44.6 Å². The van der Waals surface area contributed by atoms with Gasteiger partial charge in [0.2, 0.25) is 0 Å². The van der Waals surface area contributed by atoms with Crippen LogP contribution in [0.2, 0.25) is 0 Å². The lowest BCUT2D eigenvalue weighted by atomic mass is 9.82. The topological polar surface area (TPSA) is 16.4 Å². The van der Waals surface area contributed by atoms with Gasteiger partial charge in [0.1, 0.15) is 11.2 Å². The third kappa shape index (κ3) is 5.49. The van der Waals surface area contributed by atoms with Gasteiger partial charge in [-0.15, -0.1) is 0 Å². The summed E-state index contributed by atoms with van der Waals surface area (Å²) in [5.74, 6) is 0. The minimum atomic E-state index is -0.142. The molecule has 8 aromatic carbocycles. The minimum absolute atomic E-state index is 0.142. The summed E-state index contributed by atoms with van der Waals surface area (Å²) in [6.07, 6.45) is 8.31. The molecule has 0 radical (unpaired) electrons. The Hall–Kier alpha value is -6.90. The van der Waals surface area contributed by atoms with Crippen LogP contribution in [0.1, 0.15) is 30.5 Å². The molecule has 1 aromatic heterocycles. The highest BCUT2D eigenvalue weighted by Crippen LogP contribution is 2.50. The zero-order valence-electron chi connectivity index (χ0n) is 31.0. The highest BCUT2D eigenvalue weighted by molar-refractivity contribution is 6.10. The minimum Gasteiger partial charge on any atom is -0.456 e. The second-order valence-corrected chi connectivity index (χ2v) is 15.0. The molecule has 0 atom stereocenters. The predicted molar refractivity (Wildman–Crippen MR) is 234 cm³/mol. The summed E-state index contributed by atoms with van der Waals surface area (Å²) < 4.78 is 6.39. The lowest BCUT2D eigenvalue weighted by Gasteiger charge is -2.29. The number of furan rings is 1. The van der Waals surface area contributed by atoms with Crippen LogP contribution in [0, 0.1) is 0 Å². The SMILES string of the molecule is C=C/C=C\C(=C\c1ccc2oc3cc4ccccc4cc3c2c1)N(c1cccc(-c2cccc3ccccc23)c1)c1ccc2c(c1)C(C)(C)c1ccccc1-2. The Labute approximate surface area is 321 Å². The quantitative estimate of drug-likeness (QED) is 0.154. The average Bonchev–Trinajstić information content (AvgIpc) is 3.69. The molecular formula is C53H39NO. The zero-order valence-corrected chi connectivity index (χ0v) is 31.0. The molecule has 0 saturated heterocycles. The number of fused-ring (bicyclic) bond motifs is 8. The third-order valence-corrected chi connectivity index (χ3v) is 11.4. The average molecular weight is 706 g/mol. The van der Waals surface area contributed by atoms with Gasteiger partial charge in [-0.2, -0.15) is 0 Å². The van der Waals surface area contributed by atoms with Crippen molar-refractivity contribution in [3.63, 3.8) is 0 Å². The van der Waals surface area contributed by atoms with Gasteiger partial charge in [0.25, 0.3) is 0 Å². The van der Waals surface area contributed by atoms with E-state index < -0.39 is 0 Å². The van der Waals surface area contributed by atoms with Gasteiger partial charge in [-0.3, -0.25) is 0 Å². The summed E-state index contributed by atoms with van der Waals surface area (Å²) in [7, 11) is 0. The van der Waals surface area contributed by atoms with Crippen molar-refractivity contribution in [3.8, 4) is 22.3 Å². The van der Waals surface area contributed by atoms with Crippen molar-refractivity contribution in [2.24, 2.45) is 0 Å². The summed E-state index contributed by atoms with van der Waals surface area (Å²) in [5, 5.41) is 7.06. The van der Waals surface area contributed by atoms with Gasteiger partial charge in [0, 0.05) is 33.3 Å². The Bertz CT molecular complexity index is 3040. The Morgan fingerprint density at radius 2 is 1.24 bits per heavy atom. The van der Waals surface area contributed by atoms with Crippen LogP contribution in [0.3, 0.4) is 0 Å². The van der Waals surface area contributed by atoms with Crippen LogP contribution in [0.4, 0.5) is 11.4 Å². The maximum atomic E-state index is 6.39. The van der Waals surface area contributed by atoms with Crippen LogP contribution in [0.15, 0.2) is 199 Å². The molecule has 1 heterocycles. The molecule has 9 aromatic rings. The first-order valence-corrected chi connectivity index (χ1v) is 18.9. The van der Waals surface area contributed by atoms with E-state index in [0.29, 0.717) is 0 Å². The van der Waals surface area contributed by atoms with Crippen LogP contribution >= 0.6 is 0 Å². The fourth-order valence-electron chi connectivity index (χ4n) is 8.66. The molecule has 2 heteroatoms. The van der Waals surface area contributed by atoms with Crippen molar-refractivity contribution in [2.75, 3.05) is 4.90 Å². The summed E-state index contributed by atoms with van der Waals surface area (Å²) in [6.45, 7) is 8.75. The first-order chi connectivity index (χ1) is 27.0.